The van der Waals surface area contributed by atoms with E-state index >= 15 is 0 Å². The molecule has 1 heterocycles. The average Bonchev–Trinajstić information content (AvgIpc) is 3.14. The fourth-order valence-corrected chi connectivity index (χ4v) is 3.26. The molecule has 1 atom stereocenters. The number of benzene rings is 2. The molecule has 1 N–H and O–H groups in total. The molecule has 0 aliphatic carbocycles. The molecule has 162 valence electrons. The molecule has 3 rings (SSSR count). The molecule has 1 saturated heterocycles. The zero-order valence-corrected chi connectivity index (χ0v) is 17.1. The van der Waals surface area contributed by atoms with Crippen molar-refractivity contribution in [2.75, 3.05) is 30.5 Å². The first kappa shape index (κ1) is 22.0. The number of anilines is 2. The van der Waals surface area contributed by atoms with Crippen molar-refractivity contribution < 1.29 is 28.8 Å². The molecule has 1 aliphatic rings. The number of hydrogen-bond acceptors (Lipinski definition) is 7. The molecule has 0 saturated carbocycles. The van der Waals surface area contributed by atoms with Gasteiger partial charge in [-0.25, -0.2) is 0 Å². The minimum absolute atomic E-state index is 0.0548. The maximum atomic E-state index is 12.3. The molecule has 0 radical (unpaired) electrons. The molecule has 31 heavy (non-hydrogen) atoms. The minimum Gasteiger partial charge on any atom is -0.495 e. The van der Waals surface area contributed by atoms with Crippen molar-refractivity contribution in [1.29, 1.82) is 0 Å². The number of nitrogens with zero attached hydrogens (tertiary/aromatic N) is 2. The summed E-state index contributed by atoms with van der Waals surface area (Å²) in [5.41, 5.74) is 0.668. The quantitative estimate of drug-likeness (QED) is 0.392. The van der Waals surface area contributed by atoms with Crippen LogP contribution in [0.3, 0.4) is 0 Å². The second-order valence-corrected chi connectivity index (χ2v) is 7.12. The van der Waals surface area contributed by atoms with Gasteiger partial charge < -0.3 is 19.7 Å². The first-order valence-corrected chi connectivity index (χ1v) is 9.51. The van der Waals surface area contributed by atoms with Crippen LogP contribution in [0.25, 0.3) is 0 Å². The van der Waals surface area contributed by atoms with Crippen molar-refractivity contribution in [2.45, 2.75) is 6.42 Å². The van der Waals surface area contributed by atoms with Gasteiger partial charge in [-0.2, -0.15) is 0 Å². The summed E-state index contributed by atoms with van der Waals surface area (Å²) in [4.78, 5) is 48.3. The highest BCUT2D eigenvalue weighted by Gasteiger charge is 2.36. The third-order valence-electron chi connectivity index (χ3n) is 4.61. The summed E-state index contributed by atoms with van der Waals surface area (Å²) in [7, 11) is 1.44. The smallest absolute Gasteiger partial charge is 0.311 e. The van der Waals surface area contributed by atoms with Crippen molar-refractivity contribution in [3.63, 3.8) is 0 Å². The standard InChI is InChI=1S/C20H18ClN3O7/c1-30-17-7-2-13(21)9-16(17)22-18(25)11-31-20(27)12-8-19(26)23(10-12)14-3-5-15(6-4-14)24(28)29/h2-7,9,12H,8,10-11H2,1H3,(H,22,25)/t12-/m1/s1. The predicted molar refractivity (Wildman–Crippen MR) is 111 cm³/mol. The first-order chi connectivity index (χ1) is 14.8. The molecule has 10 nitrogen and oxygen atoms in total. The van der Waals surface area contributed by atoms with Crippen LogP contribution < -0.4 is 15.0 Å². The second kappa shape index (κ2) is 9.43. The Morgan fingerprint density at radius 2 is 1.97 bits per heavy atom. The number of rotatable bonds is 7. The van der Waals surface area contributed by atoms with Crippen LogP contribution in [0.5, 0.6) is 5.75 Å². The number of methoxy groups -OCH3 is 1. The van der Waals surface area contributed by atoms with Gasteiger partial charge in [0.1, 0.15) is 5.75 Å². The highest BCUT2D eigenvalue weighted by atomic mass is 35.5. The van der Waals surface area contributed by atoms with Crippen LogP contribution in [0, 0.1) is 16.0 Å². The fourth-order valence-electron chi connectivity index (χ4n) is 3.09. The number of hydrogen-bond donors (Lipinski definition) is 1. The fraction of sp³-hybridized carbons (Fsp3) is 0.250. The van der Waals surface area contributed by atoms with E-state index in [-0.39, 0.29) is 24.6 Å². The summed E-state index contributed by atoms with van der Waals surface area (Å²) in [6.45, 7) is -0.490. The van der Waals surface area contributed by atoms with E-state index in [2.05, 4.69) is 5.32 Å². The Kier molecular flexibility index (Phi) is 6.71. The van der Waals surface area contributed by atoms with Crippen LogP contribution in [0.1, 0.15) is 6.42 Å². The maximum absolute atomic E-state index is 12.3. The van der Waals surface area contributed by atoms with Gasteiger partial charge in [0.25, 0.3) is 11.6 Å². The minimum atomic E-state index is -0.754. The normalized spacial score (nSPS) is 15.5. The SMILES string of the molecule is COc1ccc(Cl)cc1NC(=O)COC(=O)[C@@H]1CC(=O)N(c2ccc([N+](=O)[O-])cc2)C1. The second-order valence-electron chi connectivity index (χ2n) is 6.68. The lowest BCUT2D eigenvalue weighted by Crippen LogP contribution is -2.28. The Morgan fingerprint density at radius 1 is 1.26 bits per heavy atom. The van der Waals surface area contributed by atoms with Gasteiger partial charge in [0, 0.05) is 35.8 Å². The number of amides is 2. The summed E-state index contributed by atoms with van der Waals surface area (Å²) < 4.78 is 10.2. The zero-order valence-electron chi connectivity index (χ0n) is 16.4. The average molecular weight is 448 g/mol. The summed E-state index contributed by atoms with van der Waals surface area (Å²) in [5, 5.41) is 13.7. The molecule has 0 unspecified atom stereocenters. The number of non-ortho nitro benzene ring substituents is 1. The molecule has 0 spiro atoms. The number of nitro groups is 1. The van der Waals surface area contributed by atoms with Gasteiger partial charge in [-0.3, -0.25) is 24.5 Å². The van der Waals surface area contributed by atoms with Gasteiger partial charge in [0.15, 0.2) is 6.61 Å². The van der Waals surface area contributed by atoms with Gasteiger partial charge in [0.2, 0.25) is 5.91 Å². The number of carbonyl (C=O) groups is 3. The molecule has 2 aromatic rings. The lowest BCUT2D eigenvalue weighted by molar-refractivity contribution is -0.384. The third-order valence-corrected chi connectivity index (χ3v) is 4.85. The molecule has 1 aliphatic heterocycles. The number of halogens is 1. The number of nitro benzene ring substituents is 1. The predicted octanol–water partition coefficient (Wildman–Crippen LogP) is 2.79. The Labute approximate surface area is 181 Å². The maximum Gasteiger partial charge on any atom is 0.311 e. The van der Waals surface area contributed by atoms with Gasteiger partial charge in [0.05, 0.1) is 23.6 Å². The zero-order chi connectivity index (χ0) is 22.5. The molecule has 0 aromatic heterocycles. The highest BCUT2D eigenvalue weighted by molar-refractivity contribution is 6.31. The summed E-state index contributed by atoms with van der Waals surface area (Å²) in [5.74, 6) is -1.96. The lowest BCUT2D eigenvalue weighted by atomic mass is 10.1. The molecule has 11 heteroatoms. The Hall–Kier alpha value is -3.66. The molecule has 0 bridgehead atoms. The topological polar surface area (TPSA) is 128 Å². The Bertz CT molecular complexity index is 1030. The summed E-state index contributed by atoms with van der Waals surface area (Å²) >= 11 is 5.91. The summed E-state index contributed by atoms with van der Waals surface area (Å²) in [6.07, 6.45) is -0.0838. The number of esters is 1. The van der Waals surface area contributed by atoms with Gasteiger partial charge in [-0.15, -0.1) is 0 Å². The lowest BCUT2D eigenvalue weighted by Gasteiger charge is -2.16. The number of carbonyl (C=O) groups excluding carboxylic acids is 3. The van der Waals surface area contributed by atoms with Crippen LogP contribution in [0.2, 0.25) is 5.02 Å². The Balaban J connectivity index is 1.55. The molecule has 2 amide bonds. The van der Waals surface area contributed by atoms with Crippen LogP contribution in [-0.2, 0) is 19.1 Å². The molecule has 2 aromatic carbocycles. The molecular weight excluding hydrogens is 430 g/mol. The van der Waals surface area contributed by atoms with Gasteiger partial charge in [-0.1, -0.05) is 11.6 Å². The van der Waals surface area contributed by atoms with Crippen molar-refractivity contribution in [3.05, 3.63) is 57.6 Å². The van der Waals surface area contributed by atoms with E-state index < -0.39 is 29.3 Å². The van der Waals surface area contributed by atoms with Gasteiger partial charge >= 0.3 is 5.97 Å². The van der Waals surface area contributed by atoms with Crippen LogP contribution in [-0.4, -0.2) is 43.0 Å². The molecular formula is C20H18ClN3O7. The van der Waals surface area contributed by atoms with Gasteiger partial charge in [-0.05, 0) is 30.3 Å². The Morgan fingerprint density at radius 3 is 2.61 bits per heavy atom. The van der Waals surface area contributed by atoms with E-state index in [9.17, 15) is 24.5 Å². The van der Waals surface area contributed by atoms with Crippen LogP contribution in [0.4, 0.5) is 17.1 Å². The van der Waals surface area contributed by atoms with Crippen molar-refractivity contribution in [3.8, 4) is 5.75 Å². The van der Waals surface area contributed by atoms with E-state index in [1.54, 1.807) is 12.1 Å². The third kappa shape index (κ3) is 5.28. The monoisotopic (exact) mass is 447 g/mol. The summed E-state index contributed by atoms with van der Waals surface area (Å²) in [6, 6.07) is 10.1. The molecule has 1 fully saturated rings. The van der Waals surface area contributed by atoms with Crippen molar-refractivity contribution >= 4 is 46.4 Å². The van der Waals surface area contributed by atoms with Crippen molar-refractivity contribution in [1.82, 2.24) is 0 Å². The first-order valence-electron chi connectivity index (χ1n) is 9.13. The largest absolute Gasteiger partial charge is 0.495 e. The van der Waals surface area contributed by atoms with Crippen LogP contribution >= 0.6 is 11.6 Å². The van der Waals surface area contributed by atoms with E-state index in [4.69, 9.17) is 21.1 Å². The van der Waals surface area contributed by atoms with E-state index in [1.807, 2.05) is 0 Å². The van der Waals surface area contributed by atoms with Crippen molar-refractivity contribution in [2.24, 2.45) is 5.92 Å². The van der Waals surface area contributed by atoms with E-state index in [0.717, 1.165) is 0 Å². The highest BCUT2D eigenvalue weighted by Crippen LogP contribution is 2.29. The number of ether oxygens (including phenoxy) is 2. The van der Waals surface area contributed by atoms with E-state index in [0.29, 0.717) is 22.1 Å². The number of nitrogens with one attached hydrogen (secondary N) is 1. The van der Waals surface area contributed by atoms with Crippen LogP contribution in [0.15, 0.2) is 42.5 Å². The van der Waals surface area contributed by atoms with E-state index in [1.165, 1.54) is 42.3 Å².